The number of hydrogen-bond acceptors (Lipinski definition) is 2. The van der Waals surface area contributed by atoms with E-state index in [1.165, 1.54) is 18.6 Å². The summed E-state index contributed by atoms with van der Waals surface area (Å²) < 4.78 is 19.1. The third-order valence-corrected chi connectivity index (χ3v) is 4.34. The predicted molar refractivity (Wildman–Crippen MR) is 80.5 cm³/mol. The van der Waals surface area contributed by atoms with Gasteiger partial charge in [-0.2, -0.15) is 0 Å². The monoisotopic (exact) mass is 279 g/mol. The summed E-state index contributed by atoms with van der Waals surface area (Å²) in [4.78, 5) is 0. The number of halogens is 1. The standard InChI is InChI=1S/C17H26FNO/c1-4-19-16-10-5-13(12(2)3)11-17(16)20-15-8-6-14(18)7-9-15/h6-9,12-13,16-17,19H,4-5,10-11H2,1-3H3. The number of likely N-dealkylation sites (N-methyl/N-ethyl adjacent to an activating group) is 1. The van der Waals surface area contributed by atoms with E-state index in [9.17, 15) is 4.39 Å². The molecular formula is C17H26FNO. The number of benzene rings is 1. The van der Waals surface area contributed by atoms with Gasteiger partial charge in [0.15, 0.2) is 0 Å². The molecule has 2 rings (SSSR count). The van der Waals surface area contributed by atoms with Crippen LogP contribution < -0.4 is 10.1 Å². The van der Waals surface area contributed by atoms with E-state index < -0.39 is 0 Å². The summed E-state index contributed by atoms with van der Waals surface area (Å²) in [5, 5.41) is 3.53. The highest BCUT2D eigenvalue weighted by Crippen LogP contribution is 2.32. The van der Waals surface area contributed by atoms with Gasteiger partial charge in [-0.1, -0.05) is 20.8 Å². The molecule has 1 N–H and O–H groups in total. The minimum absolute atomic E-state index is 0.182. The lowest BCUT2D eigenvalue weighted by atomic mass is 9.78. The zero-order valence-electron chi connectivity index (χ0n) is 12.7. The first-order valence-electron chi connectivity index (χ1n) is 7.75. The number of nitrogens with one attached hydrogen (secondary N) is 1. The molecule has 1 aromatic rings. The van der Waals surface area contributed by atoms with Gasteiger partial charge >= 0.3 is 0 Å². The van der Waals surface area contributed by atoms with E-state index in [0.29, 0.717) is 12.0 Å². The molecule has 1 saturated carbocycles. The van der Waals surface area contributed by atoms with Crippen molar-refractivity contribution in [1.29, 1.82) is 0 Å². The fourth-order valence-corrected chi connectivity index (χ4v) is 3.08. The van der Waals surface area contributed by atoms with Crippen LogP contribution in [0.15, 0.2) is 24.3 Å². The fraction of sp³-hybridized carbons (Fsp3) is 0.647. The summed E-state index contributed by atoms with van der Waals surface area (Å²) in [5.41, 5.74) is 0. The van der Waals surface area contributed by atoms with Gasteiger partial charge in [-0.25, -0.2) is 4.39 Å². The van der Waals surface area contributed by atoms with Crippen molar-refractivity contribution in [3.8, 4) is 5.75 Å². The Morgan fingerprint density at radius 2 is 1.95 bits per heavy atom. The zero-order valence-corrected chi connectivity index (χ0v) is 12.7. The first-order chi connectivity index (χ1) is 9.60. The van der Waals surface area contributed by atoms with Gasteiger partial charge in [0.25, 0.3) is 0 Å². The Bertz CT molecular complexity index is 404. The lowest BCUT2D eigenvalue weighted by Gasteiger charge is -2.38. The van der Waals surface area contributed by atoms with Crippen LogP contribution in [0.5, 0.6) is 5.75 Å². The van der Waals surface area contributed by atoms with Gasteiger partial charge in [-0.15, -0.1) is 0 Å². The molecule has 0 heterocycles. The van der Waals surface area contributed by atoms with Gasteiger partial charge < -0.3 is 10.1 Å². The van der Waals surface area contributed by atoms with Crippen LogP contribution in [0.25, 0.3) is 0 Å². The highest BCUT2D eigenvalue weighted by Gasteiger charge is 2.32. The second-order valence-electron chi connectivity index (χ2n) is 6.09. The smallest absolute Gasteiger partial charge is 0.123 e. The van der Waals surface area contributed by atoms with Crippen LogP contribution in [0.2, 0.25) is 0 Å². The molecule has 0 amide bonds. The summed E-state index contributed by atoms with van der Waals surface area (Å²) in [5.74, 6) is 1.96. The van der Waals surface area contributed by atoms with Crippen LogP contribution >= 0.6 is 0 Å². The summed E-state index contributed by atoms with van der Waals surface area (Å²) in [6, 6.07) is 6.76. The van der Waals surface area contributed by atoms with Crippen molar-refractivity contribution in [2.45, 2.75) is 52.2 Å². The summed E-state index contributed by atoms with van der Waals surface area (Å²) in [6.45, 7) is 7.66. The molecule has 0 saturated heterocycles. The van der Waals surface area contributed by atoms with E-state index >= 15 is 0 Å². The zero-order chi connectivity index (χ0) is 14.5. The Kier molecular flexibility index (Phi) is 5.41. The molecule has 3 unspecified atom stereocenters. The number of ether oxygens (including phenoxy) is 1. The van der Waals surface area contributed by atoms with Crippen molar-refractivity contribution in [1.82, 2.24) is 5.32 Å². The molecular weight excluding hydrogens is 253 g/mol. The largest absolute Gasteiger partial charge is 0.489 e. The molecule has 0 radical (unpaired) electrons. The van der Waals surface area contributed by atoms with Gasteiger partial charge in [0.05, 0.1) is 0 Å². The van der Waals surface area contributed by atoms with Crippen LogP contribution in [0.3, 0.4) is 0 Å². The molecule has 1 aliphatic rings. The normalized spacial score (nSPS) is 26.8. The summed E-state index contributed by atoms with van der Waals surface area (Å²) >= 11 is 0. The molecule has 1 fully saturated rings. The third kappa shape index (κ3) is 3.95. The third-order valence-electron chi connectivity index (χ3n) is 4.34. The van der Waals surface area contributed by atoms with Crippen molar-refractivity contribution in [2.24, 2.45) is 11.8 Å². The van der Waals surface area contributed by atoms with Crippen LogP contribution in [0, 0.1) is 17.7 Å². The predicted octanol–water partition coefficient (Wildman–Crippen LogP) is 4.01. The first kappa shape index (κ1) is 15.3. The average Bonchev–Trinajstić information content (AvgIpc) is 2.43. The van der Waals surface area contributed by atoms with E-state index in [0.717, 1.165) is 31.1 Å². The highest BCUT2D eigenvalue weighted by molar-refractivity contribution is 5.22. The molecule has 1 aliphatic carbocycles. The van der Waals surface area contributed by atoms with Gasteiger partial charge in [0, 0.05) is 6.04 Å². The maximum absolute atomic E-state index is 13.0. The average molecular weight is 279 g/mol. The Balaban J connectivity index is 2.04. The first-order valence-corrected chi connectivity index (χ1v) is 7.75. The molecule has 0 bridgehead atoms. The lowest BCUT2D eigenvalue weighted by molar-refractivity contribution is 0.0725. The van der Waals surface area contributed by atoms with E-state index in [1.54, 1.807) is 12.1 Å². The van der Waals surface area contributed by atoms with E-state index in [4.69, 9.17) is 4.74 Å². The SMILES string of the molecule is CCNC1CCC(C(C)C)CC1Oc1ccc(F)cc1. The second-order valence-corrected chi connectivity index (χ2v) is 6.09. The Labute approximate surface area is 121 Å². The summed E-state index contributed by atoms with van der Waals surface area (Å²) in [7, 11) is 0. The topological polar surface area (TPSA) is 21.3 Å². The van der Waals surface area contributed by atoms with Gasteiger partial charge in [0.2, 0.25) is 0 Å². The van der Waals surface area contributed by atoms with Crippen molar-refractivity contribution in [3.63, 3.8) is 0 Å². The van der Waals surface area contributed by atoms with Gasteiger partial charge in [0.1, 0.15) is 17.7 Å². The van der Waals surface area contributed by atoms with Gasteiger partial charge in [-0.3, -0.25) is 0 Å². The van der Waals surface area contributed by atoms with Crippen LogP contribution in [0.4, 0.5) is 4.39 Å². The van der Waals surface area contributed by atoms with Crippen LogP contribution in [0.1, 0.15) is 40.0 Å². The maximum atomic E-state index is 13.0. The Hall–Kier alpha value is -1.09. The van der Waals surface area contributed by atoms with Gasteiger partial charge in [-0.05, 0) is 61.9 Å². The second kappa shape index (κ2) is 7.07. The minimum atomic E-state index is -0.218. The number of hydrogen-bond donors (Lipinski definition) is 1. The maximum Gasteiger partial charge on any atom is 0.123 e. The van der Waals surface area contributed by atoms with Crippen molar-refractivity contribution >= 4 is 0 Å². The Morgan fingerprint density at radius 3 is 2.55 bits per heavy atom. The molecule has 112 valence electrons. The van der Waals surface area contributed by atoms with E-state index in [-0.39, 0.29) is 11.9 Å². The highest BCUT2D eigenvalue weighted by atomic mass is 19.1. The minimum Gasteiger partial charge on any atom is -0.489 e. The molecule has 0 aliphatic heterocycles. The van der Waals surface area contributed by atoms with E-state index in [2.05, 4.69) is 26.1 Å². The van der Waals surface area contributed by atoms with Crippen LogP contribution in [-0.2, 0) is 0 Å². The van der Waals surface area contributed by atoms with Crippen molar-refractivity contribution < 1.29 is 9.13 Å². The molecule has 1 aromatic carbocycles. The molecule has 3 atom stereocenters. The van der Waals surface area contributed by atoms with Crippen molar-refractivity contribution in [3.05, 3.63) is 30.1 Å². The van der Waals surface area contributed by atoms with Crippen molar-refractivity contribution in [2.75, 3.05) is 6.54 Å². The molecule has 20 heavy (non-hydrogen) atoms. The lowest BCUT2D eigenvalue weighted by Crippen LogP contribution is -2.47. The van der Waals surface area contributed by atoms with E-state index in [1.807, 2.05) is 0 Å². The van der Waals surface area contributed by atoms with Crippen LogP contribution in [-0.4, -0.2) is 18.7 Å². The quantitative estimate of drug-likeness (QED) is 0.879. The Morgan fingerprint density at radius 1 is 1.25 bits per heavy atom. The number of rotatable bonds is 5. The molecule has 2 nitrogen and oxygen atoms in total. The molecule has 3 heteroatoms. The fourth-order valence-electron chi connectivity index (χ4n) is 3.08. The molecule has 0 aromatic heterocycles. The summed E-state index contributed by atoms with van der Waals surface area (Å²) in [6.07, 6.45) is 3.68. The molecule has 0 spiro atoms.